The highest BCUT2D eigenvalue weighted by molar-refractivity contribution is 7.98. The maximum atomic E-state index is 11.2. The van der Waals surface area contributed by atoms with Crippen LogP contribution in [0.4, 0.5) is 17.3 Å². The number of nitrogens with zero attached hydrogens (tertiary/aromatic N) is 3. The van der Waals surface area contributed by atoms with Crippen molar-refractivity contribution >= 4 is 29.1 Å². The molecule has 0 bridgehead atoms. The van der Waals surface area contributed by atoms with Crippen molar-refractivity contribution in [2.75, 3.05) is 29.2 Å². The van der Waals surface area contributed by atoms with Gasteiger partial charge in [-0.15, -0.1) is 0 Å². The largest absolute Gasteiger partial charge is 0.364 e. The van der Waals surface area contributed by atoms with E-state index < -0.39 is 4.92 Å². The Kier molecular flexibility index (Phi) is 6.34. The number of rotatable bonds is 8. The molecule has 1 heterocycles. The molecule has 8 heteroatoms. The Labute approximate surface area is 116 Å². The van der Waals surface area contributed by atoms with E-state index in [9.17, 15) is 10.1 Å². The van der Waals surface area contributed by atoms with Crippen LogP contribution >= 0.6 is 11.8 Å². The third kappa shape index (κ3) is 4.55. The lowest BCUT2D eigenvalue weighted by Crippen LogP contribution is -2.18. The van der Waals surface area contributed by atoms with Crippen LogP contribution in [0.15, 0.2) is 6.33 Å². The van der Waals surface area contributed by atoms with Crippen LogP contribution in [0.2, 0.25) is 0 Å². The lowest BCUT2D eigenvalue weighted by molar-refractivity contribution is -0.383. The Morgan fingerprint density at radius 2 is 2.16 bits per heavy atom. The topological polar surface area (TPSA) is 93.0 Å². The highest BCUT2D eigenvalue weighted by Gasteiger charge is 2.23. The third-order valence-corrected chi connectivity index (χ3v) is 3.13. The van der Waals surface area contributed by atoms with Gasteiger partial charge in [0.1, 0.15) is 6.33 Å². The quantitative estimate of drug-likeness (QED) is 0.559. The highest BCUT2D eigenvalue weighted by atomic mass is 32.2. The Balaban J connectivity index is 2.93. The number of nitro groups is 1. The van der Waals surface area contributed by atoms with Crippen molar-refractivity contribution in [3.05, 3.63) is 16.4 Å². The van der Waals surface area contributed by atoms with E-state index in [2.05, 4.69) is 20.6 Å². The van der Waals surface area contributed by atoms with Crippen molar-refractivity contribution in [3.63, 3.8) is 0 Å². The van der Waals surface area contributed by atoms with Gasteiger partial charge >= 0.3 is 5.69 Å². The molecule has 0 aliphatic rings. The van der Waals surface area contributed by atoms with Crippen molar-refractivity contribution in [2.45, 2.75) is 26.3 Å². The molecule has 0 amide bonds. The van der Waals surface area contributed by atoms with Crippen LogP contribution in [0.3, 0.4) is 0 Å². The highest BCUT2D eigenvalue weighted by Crippen LogP contribution is 2.29. The minimum Gasteiger partial charge on any atom is -0.364 e. The normalized spacial score (nSPS) is 11.9. The first-order valence-corrected chi connectivity index (χ1v) is 7.48. The zero-order chi connectivity index (χ0) is 14.3. The maximum absolute atomic E-state index is 11.2. The molecular weight excluding hydrogens is 266 g/mol. The standard InChI is InChI=1S/C11H19N5O2S/c1-4-12-10-9(16(17)18)11(14-7-13-10)15-8(2)5-6-19-3/h7-8H,4-6H2,1-3H3,(H2,12,13,14,15). The summed E-state index contributed by atoms with van der Waals surface area (Å²) in [6.07, 6.45) is 4.27. The molecule has 106 valence electrons. The summed E-state index contributed by atoms with van der Waals surface area (Å²) >= 11 is 1.74. The van der Waals surface area contributed by atoms with Gasteiger partial charge in [-0.3, -0.25) is 10.1 Å². The Morgan fingerprint density at radius 3 is 2.74 bits per heavy atom. The smallest absolute Gasteiger partial charge is 0.353 e. The summed E-state index contributed by atoms with van der Waals surface area (Å²) in [6, 6.07) is 0.121. The Hall–Kier alpha value is -1.57. The molecule has 0 saturated carbocycles. The van der Waals surface area contributed by atoms with E-state index in [0.717, 1.165) is 12.2 Å². The van der Waals surface area contributed by atoms with E-state index in [1.807, 2.05) is 20.1 Å². The molecule has 1 aromatic heterocycles. The molecule has 1 rings (SSSR count). The van der Waals surface area contributed by atoms with Crippen LogP contribution < -0.4 is 10.6 Å². The van der Waals surface area contributed by atoms with E-state index in [1.165, 1.54) is 6.33 Å². The van der Waals surface area contributed by atoms with Crippen LogP contribution in [0.25, 0.3) is 0 Å². The third-order valence-electron chi connectivity index (χ3n) is 2.49. The summed E-state index contributed by atoms with van der Waals surface area (Å²) in [5.74, 6) is 1.51. The molecule has 0 aromatic carbocycles. The van der Waals surface area contributed by atoms with Gasteiger partial charge in [0, 0.05) is 12.6 Å². The van der Waals surface area contributed by atoms with Crippen molar-refractivity contribution in [1.29, 1.82) is 0 Å². The minimum atomic E-state index is -0.457. The number of anilines is 2. The summed E-state index contributed by atoms with van der Waals surface area (Å²) in [5.41, 5.74) is -0.0969. The van der Waals surface area contributed by atoms with E-state index in [0.29, 0.717) is 6.54 Å². The zero-order valence-electron chi connectivity index (χ0n) is 11.3. The van der Waals surface area contributed by atoms with Gasteiger partial charge in [0.15, 0.2) is 0 Å². The van der Waals surface area contributed by atoms with Gasteiger partial charge in [0.25, 0.3) is 0 Å². The van der Waals surface area contributed by atoms with Crippen LogP contribution in [0.1, 0.15) is 20.3 Å². The van der Waals surface area contributed by atoms with Gasteiger partial charge in [0.05, 0.1) is 4.92 Å². The number of hydrogen-bond acceptors (Lipinski definition) is 7. The molecule has 0 fully saturated rings. The second-order valence-electron chi connectivity index (χ2n) is 4.03. The van der Waals surface area contributed by atoms with Crippen LogP contribution in [-0.4, -0.2) is 39.5 Å². The molecular formula is C11H19N5O2S. The Morgan fingerprint density at radius 1 is 1.47 bits per heavy atom. The van der Waals surface area contributed by atoms with E-state index >= 15 is 0 Å². The maximum Gasteiger partial charge on any atom is 0.353 e. The summed E-state index contributed by atoms with van der Waals surface area (Å²) in [6.45, 7) is 4.41. The van der Waals surface area contributed by atoms with Crippen molar-refractivity contribution < 1.29 is 4.92 Å². The monoisotopic (exact) mass is 285 g/mol. The summed E-state index contributed by atoms with van der Waals surface area (Å²) in [5, 5.41) is 17.1. The second kappa shape index (κ2) is 7.78. The van der Waals surface area contributed by atoms with Crippen LogP contribution in [0.5, 0.6) is 0 Å². The fourth-order valence-corrected chi connectivity index (χ4v) is 2.14. The van der Waals surface area contributed by atoms with Gasteiger partial charge in [0.2, 0.25) is 11.6 Å². The predicted molar refractivity (Wildman–Crippen MR) is 78.9 cm³/mol. The molecule has 0 aliphatic heterocycles. The first-order valence-electron chi connectivity index (χ1n) is 6.08. The molecule has 0 saturated heterocycles. The van der Waals surface area contributed by atoms with Gasteiger partial charge in [-0.2, -0.15) is 11.8 Å². The van der Waals surface area contributed by atoms with Gasteiger partial charge < -0.3 is 10.6 Å². The van der Waals surface area contributed by atoms with E-state index in [-0.39, 0.29) is 23.4 Å². The van der Waals surface area contributed by atoms with Crippen LogP contribution in [0, 0.1) is 10.1 Å². The number of thioether (sulfide) groups is 1. The van der Waals surface area contributed by atoms with Gasteiger partial charge in [-0.05, 0) is 32.3 Å². The SMILES string of the molecule is CCNc1ncnc(NC(C)CCSC)c1[N+](=O)[O-]. The number of nitrogens with one attached hydrogen (secondary N) is 2. The molecule has 0 aliphatic carbocycles. The fourth-order valence-electron chi connectivity index (χ4n) is 1.55. The molecule has 0 radical (unpaired) electrons. The predicted octanol–water partition coefficient (Wildman–Crippen LogP) is 2.37. The molecule has 7 nitrogen and oxygen atoms in total. The average Bonchev–Trinajstić information content (AvgIpc) is 2.36. The molecule has 2 N–H and O–H groups in total. The summed E-state index contributed by atoms with van der Waals surface area (Å²) < 4.78 is 0. The Bertz CT molecular complexity index is 430. The van der Waals surface area contributed by atoms with Crippen molar-refractivity contribution in [3.8, 4) is 0 Å². The summed E-state index contributed by atoms with van der Waals surface area (Å²) in [4.78, 5) is 18.6. The first kappa shape index (κ1) is 15.5. The first-order chi connectivity index (χ1) is 9.10. The molecule has 1 unspecified atom stereocenters. The van der Waals surface area contributed by atoms with E-state index in [4.69, 9.17) is 0 Å². The number of hydrogen-bond donors (Lipinski definition) is 2. The summed E-state index contributed by atoms with van der Waals surface area (Å²) in [7, 11) is 0. The second-order valence-corrected chi connectivity index (χ2v) is 5.02. The molecule has 0 spiro atoms. The van der Waals surface area contributed by atoms with Crippen molar-refractivity contribution in [2.24, 2.45) is 0 Å². The molecule has 19 heavy (non-hydrogen) atoms. The van der Waals surface area contributed by atoms with Gasteiger partial charge in [-0.25, -0.2) is 9.97 Å². The zero-order valence-corrected chi connectivity index (χ0v) is 12.2. The molecule has 1 aromatic rings. The lowest BCUT2D eigenvalue weighted by atomic mass is 10.2. The van der Waals surface area contributed by atoms with Crippen molar-refractivity contribution in [1.82, 2.24) is 9.97 Å². The lowest BCUT2D eigenvalue weighted by Gasteiger charge is -2.14. The van der Waals surface area contributed by atoms with E-state index in [1.54, 1.807) is 11.8 Å². The van der Waals surface area contributed by atoms with Gasteiger partial charge in [-0.1, -0.05) is 0 Å². The number of aromatic nitrogens is 2. The minimum absolute atomic E-state index is 0.0969. The fraction of sp³-hybridized carbons (Fsp3) is 0.636. The average molecular weight is 285 g/mol. The van der Waals surface area contributed by atoms with Crippen LogP contribution in [-0.2, 0) is 0 Å². The molecule has 1 atom stereocenters.